The lowest BCUT2D eigenvalue weighted by Crippen LogP contribution is -2.03. The van der Waals surface area contributed by atoms with Crippen LogP contribution in [0.15, 0.2) is 0 Å². The molecule has 0 fully saturated rings. The van der Waals surface area contributed by atoms with Gasteiger partial charge < -0.3 is 5.50 Å². The Morgan fingerprint density at radius 3 is 2.40 bits per heavy atom. The number of hydrogen-bond donors (Lipinski definition) is 2. The molecular formula is C4H12NO3PS. The van der Waals surface area contributed by atoms with Gasteiger partial charge in [-0.25, -0.2) is 0 Å². The van der Waals surface area contributed by atoms with Crippen molar-refractivity contribution in [2.75, 3.05) is 11.9 Å². The third kappa shape index (κ3) is 8.30. The predicted molar refractivity (Wildman–Crippen MR) is 43.0 cm³/mol. The molecule has 0 radical (unpaired) electrons. The van der Waals surface area contributed by atoms with E-state index < -0.39 is 10.1 Å². The van der Waals surface area contributed by atoms with Crippen LogP contribution in [-0.2, 0) is 10.1 Å². The highest BCUT2D eigenvalue weighted by Crippen LogP contribution is 2.02. The van der Waals surface area contributed by atoms with Gasteiger partial charge >= 0.3 is 0 Å². The van der Waals surface area contributed by atoms with Crippen molar-refractivity contribution in [3.8, 4) is 0 Å². The maximum atomic E-state index is 10.1. The van der Waals surface area contributed by atoms with Gasteiger partial charge in [-0.3, -0.25) is 4.55 Å². The SMILES string of the molecule is NPCCCCS(=O)(=O)O. The molecule has 0 aliphatic rings. The van der Waals surface area contributed by atoms with E-state index in [0.29, 0.717) is 15.2 Å². The van der Waals surface area contributed by atoms with Crippen molar-refractivity contribution in [2.45, 2.75) is 12.8 Å². The first-order chi connectivity index (χ1) is 4.56. The molecule has 10 heavy (non-hydrogen) atoms. The zero-order valence-electron chi connectivity index (χ0n) is 5.58. The lowest BCUT2D eigenvalue weighted by molar-refractivity contribution is 0.481. The van der Waals surface area contributed by atoms with Crippen LogP contribution in [0.4, 0.5) is 0 Å². The number of nitrogens with two attached hydrogens (primary N) is 1. The van der Waals surface area contributed by atoms with Crippen molar-refractivity contribution < 1.29 is 13.0 Å². The Bertz CT molecular complexity index is 167. The van der Waals surface area contributed by atoms with E-state index in [0.717, 1.165) is 12.6 Å². The van der Waals surface area contributed by atoms with Gasteiger partial charge in [-0.15, -0.1) is 0 Å². The van der Waals surface area contributed by atoms with Crippen LogP contribution in [0.1, 0.15) is 12.8 Å². The Labute approximate surface area is 62.8 Å². The number of unbranched alkanes of at least 4 members (excludes halogenated alkanes) is 1. The van der Waals surface area contributed by atoms with Gasteiger partial charge in [0, 0.05) is 0 Å². The summed E-state index contributed by atoms with van der Waals surface area (Å²) in [7, 11) is -3.37. The van der Waals surface area contributed by atoms with E-state index in [4.69, 9.17) is 10.1 Å². The quantitative estimate of drug-likeness (QED) is 0.364. The van der Waals surface area contributed by atoms with Gasteiger partial charge in [0.1, 0.15) is 0 Å². The van der Waals surface area contributed by atoms with Gasteiger partial charge in [-0.05, 0) is 19.0 Å². The molecule has 0 aliphatic carbocycles. The van der Waals surface area contributed by atoms with Crippen molar-refractivity contribution in [1.82, 2.24) is 0 Å². The fourth-order valence-corrected chi connectivity index (χ4v) is 1.53. The summed E-state index contributed by atoms with van der Waals surface area (Å²) in [6.45, 7) is 0. The fraction of sp³-hybridized carbons (Fsp3) is 1.00. The Morgan fingerprint density at radius 2 is 2.00 bits per heavy atom. The van der Waals surface area contributed by atoms with Gasteiger partial charge in [0.25, 0.3) is 10.1 Å². The molecule has 0 heterocycles. The zero-order valence-corrected chi connectivity index (χ0v) is 7.39. The minimum absolute atomic E-state index is 0.141. The largest absolute Gasteiger partial charge is 0.312 e. The summed E-state index contributed by atoms with van der Waals surface area (Å²) in [6.07, 6.45) is 2.12. The second-order valence-electron chi connectivity index (χ2n) is 1.95. The van der Waals surface area contributed by atoms with Crippen LogP contribution >= 0.6 is 8.73 Å². The van der Waals surface area contributed by atoms with Crippen LogP contribution in [0.5, 0.6) is 0 Å². The van der Waals surface area contributed by atoms with Crippen LogP contribution in [-0.4, -0.2) is 24.9 Å². The van der Waals surface area contributed by atoms with Gasteiger partial charge in [0.2, 0.25) is 0 Å². The first kappa shape index (κ1) is 10.3. The molecule has 0 bridgehead atoms. The molecule has 6 heteroatoms. The normalized spacial score (nSPS) is 13.0. The fourth-order valence-electron chi connectivity index (χ4n) is 0.512. The minimum Gasteiger partial charge on any atom is -0.312 e. The minimum atomic E-state index is -3.74. The highest BCUT2D eigenvalue weighted by atomic mass is 32.2. The Hall–Kier alpha value is 0.300. The van der Waals surface area contributed by atoms with Crippen LogP contribution in [0.2, 0.25) is 0 Å². The molecular weight excluding hydrogens is 173 g/mol. The maximum absolute atomic E-state index is 10.1. The van der Waals surface area contributed by atoms with E-state index in [9.17, 15) is 8.42 Å². The smallest absolute Gasteiger partial charge is 0.264 e. The van der Waals surface area contributed by atoms with E-state index in [2.05, 4.69) is 0 Å². The molecule has 3 N–H and O–H groups in total. The summed E-state index contributed by atoms with van der Waals surface area (Å²) in [5.74, 6) is -0.141. The van der Waals surface area contributed by atoms with Gasteiger partial charge in [-0.1, -0.05) is 8.73 Å². The van der Waals surface area contributed by atoms with Crippen molar-refractivity contribution in [3.63, 3.8) is 0 Å². The van der Waals surface area contributed by atoms with Crippen molar-refractivity contribution in [2.24, 2.45) is 5.50 Å². The second kappa shape index (κ2) is 5.02. The van der Waals surface area contributed by atoms with Crippen LogP contribution < -0.4 is 5.50 Å². The van der Waals surface area contributed by atoms with Gasteiger partial charge in [-0.2, -0.15) is 8.42 Å². The van der Waals surface area contributed by atoms with Crippen LogP contribution in [0.3, 0.4) is 0 Å². The predicted octanol–water partition coefficient (Wildman–Crippen LogP) is 0.207. The first-order valence-corrected chi connectivity index (χ1v) is 5.84. The first-order valence-electron chi connectivity index (χ1n) is 2.95. The summed E-state index contributed by atoms with van der Waals surface area (Å²) in [6, 6.07) is 0. The Kier molecular flexibility index (Phi) is 5.17. The van der Waals surface area contributed by atoms with Gasteiger partial charge in [0.05, 0.1) is 5.75 Å². The highest BCUT2D eigenvalue weighted by Gasteiger charge is 2.01. The molecule has 0 aromatic heterocycles. The molecule has 0 saturated heterocycles. The van der Waals surface area contributed by atoms with E-state index in [1.165, 1.54) is 0 Å². The molecule has 0 aromatic carbocycles. The third-order valence-electron chi connectivity index (χ3n) is 0.973. The Balaban J connectivity index is 3.21. The standard InChI is InChI=1S/C4H12NO3PS/c5-9-3-1-2-4-10(6,7)8/h9H,1-5H2,(H,6,7,8). The van der Waals surface area contributed by atoms with Crippen LogP contribution in [0.25, 0.3) is 0 Å². The molecule has 4 nitrogen and oxygen atoms in total. The molecule has 0 rings (SSSR count). The summed E-state index contributed by atoms with van der Waals surface area (Å²) in [5, 5.41) is 0. The van der Waals surface area contributed by atoms with Crippen molar-refractivity contribution >= 4 is 18.8 Å². The molecule has 0 aliphatic heterocycles. The lowest BCUT2D eigenvalue weighted by atomic mass is 10.4. The molecule has 0 saturated carbocycles. The molecule has 0 aromatic rings. The molecule has 0 amide bonds. The van der Waals surface area contributed by atoms with E-state index >= 15 is 0 Å². The summed E-state index contributed by atoms with van der Waals surface area (Å²) in [5.41, 5.74) is 5.19. The lowest BCUT2D eigenvalue weighted by Gasteiger charge is -1.95. The summed E-state index contributed by atoms with van der Waals surface area (Å²) >= 11 is 0. The van der Waals surface area contributed by atoms with Crippen molar-refractivity contribution in [1.29, 1.82) is 0 Å². The molecule has 1 atom stereocenters. The molecule has 0 spiro atoms. The average Bonchev–Trinajstić information content (AvgIpc) is 1.78. The zero-order chi connectivity index (χ0) is 8.04. The third-order valence-corrected chi connectivity index (χ3v) is 2.42. The van der Waals surface area contributed by atoms with E-state index in [1.807, 2.05) is 0 Å². The summed E-state index contributed by atoms with van der Waals surface area (Å²) < 4.78 is 28.5. The number of hydrogen-bond acceptors (Lipinski definition) is 3. The average molecular weight is 185 g/mol. The summed E-state index contributed by atoms with van der Waals surface area (Å²) in [4.78, 5) is 0. The topological polar surface area (TPSA) is 80.4 Å². The highest BCUT2D eigenvalue weighted by molar-refractivity contribution is 7.85. The Morgan fingerprint density at radius 1 is 1.40 bits per heavy atom. The monoisotopic (exact) mass is 185 g/mol. The second-order valence-corrected chi connectivity index (χ2v) is 4.43. The van der Waals surface area contributed by atoms with E-state index in [-0.39, 0.29) is 5.75 Å². The van der Waals surface area contributed by atoms with E-state index in [1.54, 1.807) is 0 Å². The maximum Gasteiger partial charge on any atom is 0.264 e. The number of rotatable bonds is 5. The molecule has 1 unspecified atom stereocenters. The van der Waals surface area contributed by atoms with Crippen LogP contribution in [0, 0.1) is 0 Å². The van der Waals surface area contributed by atoms with Gasteiger partial charge in [0.15, 0.2) is 0 Å². The molecule has 62 valence electrons. The van der Waals surface area contributed by atoms with Crippen molar-refractivity contribution in [3.05, 3.63) is 0 Å².